The van der Waals surface area contributed by atoms with Crippen molar-refractivity contribution in [3.8, 4) is 5.88 Å². The van der Waals surface area contributed by atoms with Crippen molar-refractivity contribution in [2.75, 3.05) is 23.4 Å². The van der Waals surface area contributed by atoms with Crippen molar-refractivity contribution in [1.29, 1.82) is 0 Å². The van der Waals surface area contributed by atoms with Crippen LogP contribution in [-0.4, -0.2) is 40.1 Å². The molecule has 2 aromatic heterocycles. The summed E-state index contributed by atoms with van der Waals surface area (Å²) < 4.78 is 10.2. The summed E-state index contributed by atoms with van der Waals surface area (Å²) in [6.07, 6.45) is 1.64. The standard InChI is InChI=1S/C16H20N4O4S/c1-3-23-16-7-12(4-5-17-16)8-18-14(21)9-25-10-15(22)19-13-6-11(2)24-20-13/h4-7H,3,8-10H2,1-2H3,(H,18,21)(H,19,20,22). The largest absolute Gasteiger partial charge is 0.478 e. The third-order valence-electron chi connectivity index (χ3n) is 2.94. The Morgan fingerprint density at radius 1 is 1.28 bits per heavy atom. The molecule has 9 heteroatoms. The van der Waals surface area contributed by atoms with E-state index in [2.05, 4.69) is 20.8 Å². The fraction of sp³-hybridized carbons (Fsp3) is 0.375. The maximum atomic E-state index is 11.8. The summed E-state index contributed by atoms with van der Waals surface area (Å²) >= 11 is 1.22. The van der Waals surface area contributed by atoms with Crippen LogP contribution in [0, 0.1) is 6.92 Å². The van der Waals surface area contributed by atoms with Crippen LogP contribution < -0.4 is 15.4 Å². The predicted molar refractivity (Wildman–Crippen MR) is 94.4 cm³/mol. The number of hydrogen-bond donors (Lipinski definition) is 2. The number of thioether (sulfide) groups is 1. The highest BCUT2D eigenvalue weighted by Crippen LogP contribution is 2.10. The molecule has 0 aliphatic carbocycles. The first-order chi connectivity index (χ1) is 12.1. The van der Waals surface area contributed by atoms with Crippen LogP contribution in [-0.2, 0) is 16.1 Å². The first kappa shape index (κ1) is 18.8. The van der Waals surface area contributed by atoms with Crippen molar-refractivity contribution in [3.05, 3.63) is 35.7 Å². The number of hydrogen-bond acceptors (Lipinski definition) is 7. The van der Waals surface area contributed by atoms with Gasteiger partial charge in [-0.05, 0) is 25.5 Å². The second-order valence-corrected chi connectivity index (χ2v) is 6.06. The molecule has 2 N–H and O–H groups in total. The average molecular weight is 364 g/mol. The van der Waals surface area contributed by atoms with E-state index >= 15 is 0 Å². The van der Waals surface area contributed by atoms with Gasteiger partial charge in [-0.25, -0.2) is 4.98 Å². The highest BCUT2D eigenvalue weighted by Gasteiger charge is 2.08. The first-order valence-corrected chi connectivity index (χ1v) is 8.87. The van der Waals surface area contributed by atoms with E-state index in [1.54, 1.807) is 25.3 Å². The fourth-order valence-corrected chi connectivity index (χ4v) is 2.53. The molecule has 0 saturated carbocycles. The quantitative estimate of drug-likeness (QED) is 0.698. The normalized spacial score (nSPS) is 10.3. The molecule has 0 unspecified atom stereocenters. The van der Waals surface area contributed by atoms with Gasteiger partial charge in [0, 0.05) is 24.9 Å². The van der Waals surface area contributed by atoms with Crippen LogP contribution in [0.15, 0.2) is 28.9 Å². The molecule has 0 bridgehead atoms. The molecule has 0 atom stereocenters. The van der Waals surface area contributed by atoms with Gasteiger partial charge in [0.15, 0.2) is 5.82 Å². The number of carbonyl (C=O) groups is 2. The third-order valence-corrected chi connectivity index (χ3v) is 3.88. The van der Waals surface area contributed by atoms with Gasteiger partial charge in [-0.1, -0.05) is 5.16 Å². The Hall–Kier alpha value is -2.55. The second-order valence-electron chi connectivity index (χ2n) is 5.08. The van der Waals surface area contributed by atoms with Crippen LogP contribution >= 0.6 is 11.8 Å². The Kier molecular flexibility index (Phi) is 7.27. The zero-order chi connectivity index (χ0) is 18.1. The lowest BCUT2D eigenvalue weighted by atomic mass is 10.2. The van der Waals surface area contributed by atoms with Crippen LogP contribution in [0.3, 0.4) is 0 Å². The summed E-state index contributed by atoms with van der Waals surface area (Å²) in [4.78, 5) is 27.6. The summed E-state index contributed by atoms with van der Waals surface area (Å²) in [7, 11) is 0. The Labute approximate surface area is 149 Å². The van der Waals surface area contributed by atoms with Crippen LogP contribution in [0.2, 0.25) is 0 Å². The van der Waals surface area contributed by atoms with Gasteiger partial charge in [-0.2, -0.15) is 0 Å². The molecule has 0 saturated heterocycles. The lowest BCUT2D eigenvalue weighted by Crippen LogP contribution is -2.25. The van der Waals surface area contributed by atoms with Gasteiger partial charge in [0.1, 0.15) is 5.76 Å². The van der Waals surface area contributed by atoms with Crippen molar-refractivity contribution in [2.45, 2.75) is 20.4 Å². The van der Waals surface area contributed by atoms with E-state index in [1.165, 1.54) is 11.8 Å². The third kappa shape index (κ3) is 6.84. The molecule has 134 valence electrons. The molecular weight excluding hydrogens is 344 g/mol. The molecule has 2 heterocycles. The minimum absolute atomic E-state index is 0.148. The van der Waals surface area contributed by atoms with E-state index in [4.69, 9.17) is 9.26 Å². The molecular formula is C16H20N4O4S. The number of amides is 2. The molecule has 25 heavy (non-hydrogen) atoms. The van der Waals surface area contributed by atoms with Crippen molar-refractivity contribution in [3.63, 3.8) is 0 Å². The van der Waals surface area contributed by atoms with Gasteiger partial charge >= 0.3 is 0 Å². The SMILES string of the molecule is CCOc1cc(CNC(=O)CSCC(=O)Nc2cc(C)on2)ccn1. The van der Waals surface area contributed by atoms with Crippen molar-refractivity contribution < 1.29 is 18.8 Å². The van der Waals surface area contributed by atoms with Crippen molar-refractivity contribution in [2.24, 2.45) is 0 Å². The number of carbonyl (C=O) groups excluding carboxylic acids is 2. The molecule has 8 nitrogen and oxygen atoms in total. The fourth-order valence-electron chi connectivity index (χ4n) is 1.88. The van der Waals surface area contributed by atoms with Gasteiger partial charge in [0.05, 0.1) is 18.1 Å². The average Bonchev–Trinajstić information content (AvgIpc) is 2.98. The number of rotatable bonds is 9. The summed E-state index contributed by atoms with van der Waals surface area (Å²) in [6.45, 7) is 4.54. The highest BCUT2D eigenvalue weighted by atomic mass is 32.2. The summed E-state index contributed by atoms with van der Waals surface area (Å²) in [5.74, 6) is 1.48. The summed E-state index contributed by atoms with van der Waals surface area (Å²) in [5, 5.41) is 9.06. The summed E-state index contributed by atoms with van der Waals surface area (Å²) in [5.41, 5.74) is 0.899. The lowest BCUT2D eigenvalue weighted by molar-refractivity contribution is -0.118. The lowest BCUT2D eigenvalue weighted by Gasteiger charge is -2.07. The van der Waals surface area contributed by atoms with Crippen LogP contribution in [0.25, 0.3) is 0 Å². The summed E-state index contributed by atoms with van der Waals surface area (Å²) in [6, 6.07) is 5.22. The van der Waals surface area contributed by atoms with Gasteiger partial charge in [-0.3, -0.25) is 9.59 Å². The number of aromatic nitrogens is 2. The van der Waals surface area contributed by atoms with E-state index in [0.717, 1.165) is 5.56 Å². The van der Waals surface area contributed by atoms with Gasteiger partial charge < -0.3 is 19.9 Å². The second kappa shape index (κ2) is 9.67. The zero-order valence-corrected chi connectivity index (χ0v) is 14.9. The van der Waals surface area contributed by atoms with Gasteiger partial charge in [0.2, 0.25) is 17.7 Å². The van der Waals surface area contributed by atoms with E-state index in [-0.39, 0.29) is 23.3 Å². The Morgan fingerprint density at radius 3 is 2.80 bits per heavy atom. The number of pyridine rings is 1. The first-order valence-electron chi connectivity index (χ1n) is 7.72. The number of aryl methyl sites for hydroxylation is 1. The van der Waals surface area contributed by atoms with Crippen LogP contribution in [0.1, 0.15) is 18.2 Å². The van der Waals surface area contributed by atoms with E-state index in [9.17, 15) is 9.59 Å². The van der Waals surface area contributed by atoms with Crippen LogP contribution in [0.5, 0.6) is 5.88 Å². The molecule has 0 radical (unpaired) electrons. The number of anilines is 1. The molecule has 0 aliphatic heterocycles. The maximum Gasteiger partial charge on any atom is 0.235 e. The van der Waals surface area contributed by atoms with Crippen molar-refractivity contribution >= 4 is 29.4 Å². The number of ether oxygens (including phenoxy) is 1. The van der Waals surface area contributed by atoms with E-state index < -0.39 is 0 Å². The Balaban J connectivity index is 1.65. The molecule has 0 spiro atoms. The van der Waals surface area contributed by atoms with Gasteiger partial charge in [-0.15, -0.1) is 11.8 Å². The molecule has 0 aliphatic rings. The minimum Gasteiger partial charge on any atom is -0.478 e. The topological polar surface area (TPSA) is 106 Å². The molecule has 2 amide bonds. The van der Waals surface area contributed by atoms with Crippen LogP contribution in [0.4, 0.5) is 5.82 Å². The van der Waals surface area contributed by atoms with E-state index in [1.807, 2.05) is 13.0 Å². The zero-order valence-electron chi connectivity index (χ0n) is 14.1. The Bertz CT molecular complexity index is 720. The predicted octanol–water partition coefficient (Wildman–Crippen LogP) is 1.76. The molecule has 2 aromatic rings. The Morgan fingerprint density at radius 2 is 2.08 bits per heavy atom. The van der Waals surface area contributed by atoms with E-state index in [0.29, 0.717) is 30.6 Å². The highest BCUT2D eigenvalue weighted by molar-refractivity contribution is 8.00. The monoisotopic (exact) mass is 364 g/mol. The molecule has 0 fully saturated rings. The number of nitrogens with zero attached hydrogens (tertiary/aromatic N) is 2. The molecule has 0 aromatic carbocycles. The smallest absolute Gasteiger partial charge is 0.235 e. The maximum absolute atomic E-state index is 11.8. The number of nitrogens with one attached hydrogen (secondary N) is 2. The van der Waals surface area contributed by atoms with Gasteiger partial charge in [0.25, 0.3) is 0 Å². The minimum atomic E-state index is -0.235. The molecule has 2 rings (SSSR count). The van der Waals surface area contributed by atoms with Crippen molar-refractivity contribution in [1.82, 2.24) is 15.5 Å².